The molecule has 3 aliphatic heterocycles. The fourth-order valence-electron chi connectivity index (χ4n) is 9.85. The van der Waals surface area contributed by atoms with Gasteiger partial charge in [0.2, 0.25) is 41.4 Å². The predicted molar refractivity (Wildman–Crippen MR) is 334 cm³/mol. The van der Waals surface area contributed by atoms with Crippen LogP contribution in [0, 0.1) is 0 Å². The van der Waals surface area contributed by atoms with E-state index in [1.165, 1.54) is 20.8 Å². The topological polar surface area (TPSA) is 564 Å². The summed E-state index contributed by atoms with van der Waals surface area (Å²) < 4.78 is 82.1. The van der Waals surface area contributed by atoms with E-state index in [0.717, 1.165) is 0 Å². The fraction of sp³-hybridized carbons (Fsp3) is 0.867. The number of aliphatic hydroxyl groups excluding tert-OH is 9. The van der Waals surface area contributed by atoms with Gasteiger partial charge >= 0.3 is 0 Å². The Morgan fingerprint density at radius 2 is 0.650 bits per heavy atom. The number of amides is 7. The number of rotatable bonds is 56. The van der Waals surface area contributed by atoms with Crippen LogP contribution >= 0.6 is 0 Å². The lowest BCUT2D eigenvalue weighted by Crippen LogP contribution is -2.64. The van der Waals surface area contributed by atoms with Gasteiger partial charge in [0.25, 0.3) is 0 Å². The van der Waals surface area contributed by atoms with Gasteiger partial charge in [0.15, 0.2) is 18.9 Å². The fourth-order valence-corrected chi connectivity index (χ4v) is 9.85. The second-order valence-corrected chi connectivity index (χ2v) is 22.9. The maximum absolute atomic E-state index is 13.6. The third-order valence-electron chi connectivity index (χ3n) is 14.9. The smallest absolute Gasteiger partial charge is 0.246 e. The molecule has 0 radical (unpaired) electrons. The van der Waals surface area contributed by atoms with Gasteiger partial charge in [-0.05, 0) is 38.5 Å². The van der Waals surface area contributed by atoms with Gasteiger partial charge in [-0.2, -0.15) is 0 Å². The highest BCUT2D eigenvalue weighted by Crippen LogP contribution is 2.25. The number of carboxylic acids is 1. The Morgan fingerprint density at radius 1 is 0.370 bits per heavy atom. The third kappa shape index (κ3) is 36.3. The maximum Gasteiger partial charge on any atom is 0.246 e. The summed E-state index contributed by atoms with van der Waals surface area (Å²) in [5, 5.41) is 120. The Labute approximate surface area is 578 Å². The van der Waals surface area contributed by atoms with Crippen LogP contribution in [0.3, 0.4) is 0 Å². The van der Waals surface area contributed by atoms with Crippen molar-refractivity contribution in [1.29, 1.82) is 0 Å². The number of aliphatic hydroxyl groups is 9. The zero-order valence-corrected chi connectivity index (χ0v) is 56.8. The summed E-state index contributed by atoms with van der Waals surface area (Å²) in [7, 11) is 0. The molecule has 3 rings (SSSR count). The molecule has 17 atom stereocenters. The molecule has 0 aromatic heterocycles. The summed E-state index contributed by atoms with van der Waals surface area (Å²) in [5.41, 5.74) is 0. The largest absolute Gasteiger partial charge is 0.548 e. The minimum atomic E-state index is -1.59. The van der Waals surface area contributed by atoms with Crippen LogP contribution in [0.1, 0.15) is 59.3 Å². The number of carbonyl (C=O) groups excluding carboxylic acids is 8. The highest BCUT2D eigenvalue weighted by molar-refractivity contribution is 5.90. The van der Waals surface area contributed by atoms with Crippen molar-refractivity contribution in [3.63, 3.8) is 0 Å². The summed E-state index contributed by atoms with van der Waals surface area (Å²) >= 11 is 0. The summed E-state index contributed by atoms with van der Waals surface area (Å²) in [5.74, 6) is -5.51. The summed E-state index contributed by atoms with van der Waals surface area (Å²) in [6.07, 6.45) is -14.6. The molecule has 3 aliphatic rings. The number of carboxylic acid groups (broad SMARTS) is 1. The highest BCUT2D eigenvalue weighted by Gasteiger charge is 2.48. The highest BCUT2D eigenvalue weighted by atomic mass is 16.7. The van der Waals surface area contributed by atoms with Gasteiger partial charge in [0, 0.05) is 33.9 Å². The molecule has 3 saturated heterocycles. The Balaban J connectivity index is 1.34. The van der Waals surface area contributed by atoms with E-state index in [0.29, 0.717) is 12.8 Å². The Kier molecular flexibility index (Phi) is 46.9. The zero-order valence-electron chi connectivity index (χ0n) is 56.8. The molecule has 0 saturated carbocycles. The van der Waals surface area contributed by atoms with Crippen molar-refractivity contribution < 1.29 is 160 Å². The van der Waals surface area contributed by atoms with Gasteiger partial charge in [-0.15, -0.1) is 0 Å². The van der Waals surface area contributed by atoms with Crippen molar-refractivity contribution >= 4 is 47.3 Å². The van der Waals surface area contributed by atoms with E-state index in [9.17, 15) is 89.4 Å². The van der Waals surface area contributed by atoms with E-state index in [2.05, 4.69) is 37.2 Å². The van der Waals surface area contributed by atoms with E-state index in [-0.39, 0.29) is 171 Å². The van der Waals surface area contributed by atoms with Crippen LogP contribution in [0.2, 0.25) is 0 Å². The van der Waals surface area contributed by atoms with E-state index < -0.39 is 178 Å². The van der Waals surface area contributed by atoms with Crippen molar-refractivity contribution in [2.45, 2.75) is 163 Å². The van der Waals surface area contributed by atoms with E-state index in [4.69, 9.17) is 71.1 Å². The van der Waals surface area contributed by atoms with Crippen molar-refractivity contribution in [2.75, 3.05) is 172 Å². The van der Waals surface area contributed by atoms with Crippen LogP contribution < -0.4 is 42.3 Å². The molecule has 0 aromatic rings. The zero-order chi connectivity index (χ0) is 73.6. The van der Waals surface area contributed by atoms with Crippen LogP contribution in [-0.4, -0.2) is 369 Å². The first kappa shape index (κ1) is 89.0. The molecule has 0 aliphatic carbocycles. The van der Waals surface area contributed by atoms with Crippen LogP contribution in [0.15, 0.2) is 0 Å². The molecule has 16 N–H and O–H groups in total. The number of aliphatic carboxylic acids is 1. The Morgan fingerprint density at radius 3 is 0.940 bits per heavy atom. The lowest BCUT2D eigenvalue weighted by Gasteiger charge is -2.42. The van der Waals surface area contributed by atoms with Crippen molar-refractivity contribution in [3.8, 4) is 0 Å². The molecule has 100 heavy (non-hydrogen) atoms. The molecule has 40 nitrogen and oxygen atoms in total. The number of unbranched alkanes of at least 4 members (excludes halogenated alkanes) is 2. The van der Waals surface area contributed by atoms with E-state index in [1.807, 2.05) is 0 Å². The minimum absolute atomic E-state index is 0.0129. The lowest BCUT2D eigenvalue weighted by molar-refractivity contribution is -0.308. The molecular weight excluding hydrogens is 1350 g/mol. The molecule has 7 amide bonds. The maximum atomic E-state index is 13.6. The van der Waals surface area contributed by atoms with Gasteiger partial charge in [-0.1, -0.05) is 0 Å². The van der Waals surface area contributed by atoms with Crippen molar-refractivity contribution in [2.24, 2.45) is 0 Å². The number of hydrogen-bond acceptors (Lipinski definition) is 33. The van der Waals surface area contributed by atoms with Crippen LogP contribution in [0.4, 0.5) is 0 Å². The van der Waals surface area contributed by atoms with E-state index in [1.54, 1.807) is 0 Å². The van der Waals surface area contributed by atoms with Crippen molar-refractivity contribution in [1.82, 2.24) is 37.2 Å². The van der Waals surface area contributed by atoms with Gasteiger partial charge < -0.3 is 164 Å². The molecule has 3 heterocycles. The third-order valence-corrected chi connectivity index (χ3v) is 14.9. The van der Waals surface area contributed by atoms with Gasteiger partial charge in [0.05, 0.1) is 151 Å². The number of ether oxygens (including phenoxy) is 15. The molecule has 40 heteroatoms. The first-order valence-electron chi connectivity index (χ1n) is 33.1. The monoisotopic (exact) mass is 1450 g/mol. The van der Waals surface area contributed by atoms with Gasteiger partial charge in [-0.25, -0.2) is 0 Å². The SMILES string of the molecule is CC(=O)N[C@H]1[C@H](OCCOCCOCCOCC(=O)NCCCCC(NC(=O)[C@H](CCCCNC(=O)COCCOCCOCCO[C@@H]2O[C@H](CO)[C@H](O)[C@H](O)[C@H]2NC(C)=O)NC(=O)COCCOCCOCCO[C@@H]2O[C@H](CO)[C@H](O)[C@H](O)[C@H]2NC(C)=O)C(=O)[O-])O[C@H](CO)[C@H](O)[C@@H]1O. The molecule has 1 unspecified atom stereocenters. The van der Waals surface area contributed by atoms with Crippen LogP contribution in [-0.2, 0) is 109 Å². The Hall–Kier alpha value is -5.20. The van der Waals surface area contributed by atoms with Gasteiger partial charge in [-0.3, -0.25) is 33.6 Å². The number of hydrogen-bond donors (Lipinski definition) is 16. The molecule has 0 spiro atoms. The predicted octanol–water partition coefficient (Wildman–Crippen LogP) is -10.7. The minimum Gasteiger partial charge on any atom is -0.548 e. The first-order valence-corrected chi connectivity index (χ1v) is 33.1. The molecule has 580 valence electrons. The Bertz CT molecular complexity index is 2310. The summed E-state index contributed by atoms with van der Waals surface area (Å²) in [6, 6.07) is -6.01. The average Bonchev–Trinajstić information content (AvgIpc) is 0.824. The summed E-state index contributed by atoms with van der Waals surface area (Å²) in [6.45, 7) is 2.40. The molecule has 0 aromatic carbocycles. The number of nitrogens with one attached hydrogen (secondary N) is 7. The quantitative estimate of drug-likeness (QED) is 0.0251. The number of carbonyl (C=O) groups is 8. The first-order chi connectivity index (χ1) is 48.0. The second kappa shape index (κ2) is 52.7. The van der Waals surface area contributed by atoms with Crippen molar-refractivity contribution in [3.05, 3.63) is 0 Å². The second-order valence-electron chi connectivity index (χ2n) is 22.9. The average molecular weight is 1450 g/mol. The molecular formula is C60H106N7O33-. The summed E-state index contributed by atoms with van der Waals surface area (Å²) in [4.78, 5) is 98.6. The van der Waals surface area contributed by atoms with Crippen LogP contribution in [0.25, 0.3) is 0 Å². The van der Waals surface area contributed by atoms with Gasteiger partial charge in [0.1, 0.15) is 98.9 Å². The lowest BCUT2D eigenvalue weighted by atomic mass is 9.97. The molecule has 0 bridgehead atoms. The van der Waals surface area contributed by atoms with Crippen LogP contribution in [0.5, 0.6) is 0 Å². The molecule has 3 fully saturated rings. The standard InChI is InChI=1S/C60H107N7O33/c1-36(71)63-47-53(80)50(77)41(30-68)98-58(47)95-27-24-89-15-12-86-18-21-92-33-44(74)61-10-6-4-8-39(66-46(76)35-94-23-20-88-14-17-91-26-29-97-60-49(65-38(3)73)55(82)52(79)43(32-70)100-60)56(83)67-40(57(84)85)9-5-7-11-62-45(75)34-93-22-19-87-13-16-90-25-28-96-59-48(64-37(2)72)54(81)51(78)42(31-69)99-59/h39-43,47-55,58-60,68-70,77-82H,4-35H2,1-3H3,(H,61,74)(H,62,75)(H,63,71)(H,64,72)(H,65,73)(H,66,76)(H,67,83)(H,84,85)/p-1/t39-,40?,41+,42+,43+,47+,48+,49+,50-,51-,52-,53+,54+,55+,58+,59+,60+/m0/s1. The van der Waals surface area contributed by atoms with E-state index >= 15 is 0 Å². The normalized spacial score (nSPS) is 25.8.